The van der Waals surface area contributed by atoms with Crippen molar-refractivity contribution in [3.05, 3.63) is 53.5 Å². The van der Waals surface area contributed by atoms with Crippen LogP contribution in [0.5, 0.6) is 5.75 Å². The van der Waals surface area contributed by atoms with Crippen molar-refractivity contribution in [1.29, 1.82) is 0 Å². The molecule has 0 saturated carbocycles. The predicted molar refractivity (Wildman–Crippen MR) is 102 cm³/mol. The first-order valence-electron chi connectivity index (χ1n) is 8.06. The molecule has 0 aliphatic heterocycles. The van der Waals surface area contributed by atoms with Gasteiger partial charge in [-0.3, -0.25) is 9.69 Å². The van der Waals surface area contributed by atoms with E-state index >= 15 is 0 Å². The number of nitrogens with one attached hydrogen (secondary N) is 1. The first-order chi connectivity index (χ1) is 12.1. The molecule has 1 amide bonds. The molecule has 1 N–H and O–H groups in total. The molecule has 25 heavy (non-hydrogen) atoms. The first-order valence-corrected chi connectivity index (χ1v) is 8.88. The number of carbonyl (C=O) groups is 1. The molecule has 6 heteroatoms. The van der Waals surface area contributed by atoms with Gasteiger partial charge in [0.15, 0.2) is 0 Å². The third-order valence-corrected chi connectivity index (χ3v) is 5.14. The average Bonchev–Trinajstić information content (AvgIpc) is 3.03. The van der Waals surface area contributed by atoms with E-state index in [1.165, 1.54) is 4.70 Å². The molecule has 1 heterocycles. The number of hydrogen-bond donors (Lipinski definition) is 1. The van der Waals surface area contributed by atoms with Gasteiger partial charge in [-0.25, -0.2) is 4.98 Å². The van der Waals surface area contributed by atoms with Gasteiger partial charge in [0, 0.05) is 5.69 Å². The van der Waals surface area contributed by atoms with Crippen LogP contribution in [-0.2, 0) is 11.3 Å². The number of nitrogens with zero attached hydrogens (tertiary/aromatic N) is 2. The fraction of sp³-hybridized carbons (Fsp3) is 0.263. The van der Waals surface area contributed by atoms with Gasteiger partial charge in [-0.05, 0) is 50.4 Å². The summed E-state index contributed by atoms with van der Waals surface area (Å²) in [4.78, 5) is 19.1. The molecule has 1 aromatic heterocycles. The number of thiazole rings is 1. The minimum absolute atomic E-state index is 0.0474. The topological polar surface area (TPSA) is 54.5 Å². The number of methoxy groups -OCH3 is 1. The lowest BCUT2D eigenvalue weighted by atomic mass is 10.2. The van der Waals surface area contributed by atoms with Crippen LogP contribution >= 0.6 is 11.3 Å². The lowest BCUT2D eigenvalue weighted by Gasteiger charge is -2.22. The SMILES string of the molecule is COc1ccc(NC(=O)[C@@H](C)N(C)Cc2nc3ccccc3s2)cc1. The van der Waals surface area contributed by atoms with Crippen LogP contribution in [0.1, 0.15) is 11.9 Å². The summed E-state index contributed by atoms with van der Waals surface area (Å²) in [6, 6.07) is 15.1. The maximum Gasteiger partial charge on any atom is 0.241 e. The van der Waals surface area contributed by atoms with Gasteiger partial charge in [0.05, 0.1) is 29.9 Å². The summed E-state index contributed by atoms with van der Waals surface area (Å²) >= 11 is 1.66. The summed E-state index contributed by atoms with van der Waals surface area (Å²) in [7, 11) is 3.55. The van der Waals surface area contributed by atoms with E-state index in [0.717, 1.165) is 22.0 Å². The van der Waals surface area contributed by atoms with Crippen LogP contribution < -0.4 is 10.1 Å². The van der Waals surface area contributed by atoms with E-state index in [2.05, 4.69) is 16.4 Å². The quantitative estimate of drug-likeness (QED) is 0.731. The van der Waals surface area contributed by atoms with Crippen molar-refractivity contribution < 1.29 is 9.53 Å². The summed E-state index contributed by atoms with van der Waals surface area (Å²) in [6.07, 6.45) is 0. The van der Waals surface area contributed by atoms with Crippen LogP contribution in [0.4, 0.5) is 5.69 Å². The number of amides is 1. The zero-order valence-electron chi connectivity index (χ0n) is 14.5. The van der Waals surface area contributed by atoms with E-state index < -0.39 is 0 Å². The second-order valence-electron chi connectivity index (χ2n) is 5.88. The predicted octanol–water partition coefficient (Wildman–Crippen LogP) is 3.76. The third-order valence-electron chi connectivity index (χ3n) is 4.12. The Hall–Kier alpha value is -2.44. The van der Waals surface area contributed by atoms with Crippen molar-refractivity contribution in [3.8, 4) is 5.75 Å². The minimum atomic E-state index is -0.269. The third kappa shape index (κ3) is 4.15. The second kappa shape index (κ2) is 7.63. The molecule has 0 fully saturated rings. The molecule has 0 spiro atoms. The molecule has 0 bridgehead atoms. The first kappa shape index (κ1) is 17.4. The van der Waals surface area contributed by atoms with Gasteiger partial charge in [0.1, 0.15) is 10.8 Å². The van der Waals surface area contributed by atoms with Crippen molar-refractivity contribution in [3.63, 3.8) is 0 Å². The van der Waals surface area contributed by atoms with Crippen LogP contribution in [0.3, 0.4) is 0 Å². The van der Waals surface area contributed by atoms with Gasteiger partial charge in [0.2, 0.25) is 5.91 Å². The number of ether oxygens (including phenoxy) is 1. The van der Waals surface area contributed by atoms with Crippen molar-refractivity contribution in [2.75, 3.05) is 19.5 Å². The van der Waals surface area contributed by atoms with Gasteiger partial charge in [-0.1, -0.05) is 12.1 Å². The lowest BCUT2D eigenvalue weighted by molar-refractivity contribution is -0.120. The summed E-state index contributed by atoms with van der Waals surface area (Å²) in [5.41, 5.74) is 1.76. The van der Waals surface area contributed by atoms with E-state index in [-0.39, 0.29) is 11.9 Å². The number of hydrogen-bond acceptors (Lipinski definition) is 5. The maximum atomic E-state index is 12.5. The number of fused-ring (bicyclic) bond motifs is 1. The molecular formula is C19H21N3O2S. The molecule has 130 valence electrons. The molecule has 3 rings (SSSR count). The lowest BCUT2D eigenvalue weighted by Crippen LogP contribution is -2.39. The van der Waals surface area contributed by atoms with Gasteiger partial charge in [0.25, 0.3) is 0 Å². The molecule has 0 aliphatic rings. The molecular weight excluding hydrogens is 334 g/mol. The van der Waals surface area contributed by atoms with E-state index in [1.54, 1.807) is 18.4 Å². The Bertz CT molecular complexity index is 827. The van der Waals surface area contributed by atoms with E-state index in [1.807, 2.05) is 61.3 Å². The van der Waals surface area contributed by atoms with E-state index in [4.69, 9.17) is 4.74 Å². The van der Waals surface area contributed by atoms with Crippen LogP contribution in [0.15, 0.2) is 48.5 Å². The van der Waals surface area contributed by atoms with Crippen LogP contribution in [-0.4, -0.2) is 36.0 Å². The number of likely N-dealkylation sites (N-methyl/N-ethyl adjacent to an activating group) is 1. The Morgan fingerprint density at radius 3 is 2.64 bits per heavy atom. The maximum absolute atomic E-state index is 12.5. The van der Waals surface area contributed by atoms with Crippen LogP contribution in [0.25, 0.3) is 10.2 Å². The Labute approximate surface area is 151 Å². The van der Waals surface area contributed by atoms with Gasteiger partial charge >= 0.3 is 0 Å². The number of carbonyl (C=O) groups excluding carboxylic acids is 1. The smallest absolute Gasteiger partial charge is 0.241 e. The number of rotatable bonds is 6. The van der Waals surface area contributed by atoms with Gasteiger partial charge in [-0.2, -0.15) is 0 Å². The van der Waals surface area contributed by atoms with Crippen molar-refractivity contribution in [2.45, 2.75) is 19.5 Å². The Balaban J connectivity index is 1.62. The van der Waals surface area contributed by atoms with Gasteiger partial charge in [-0.15, -0.1) is 11.3 Å². The average molecular weight is 355 g/mol. The second-order valence-corrected chi connectivity index (χ2v) is 7.00. The zero-order valence-corrected chi connectivity index (χ0v) is 15.3. The van der Waals surface area contributed by atoms with Crippen molar-refractivity contribution in [2.24, 2.45) is 0 Å². The standard InChI is InChI=1S/C19H21N3O2S/c1-13(19(23)20-14-8-10-15(24-3)11-9-14)22(2)12-18-21-16-6-4-5-7-17(16)25-18/h4-11,13H,12H2,1-3H3,(H,20,23)/t13-/m1/s1. The van der Waals surface area contributed by atoms with Crippen LogP contribution in [0, 0.1) is 0 Å². The summed E-state index contributed by atoms with van der Waals surface area (Å²) in [5.74, 6) is 0.716. The molecule has 0 saturated heterocycles. The summed E-state index contributed by atoms with van der Waals surface area (Å²) < 4.78 is 6.29. The Morgan fingerprint density at radius 1 is 1.24 bits per heavy atom. The normalized spacial score (nSPS) is 12.3. The highest BCUT2D eigenvalue weighted by Gasteiger charge is 2.19. The van der Waals surface area contributed by atoms with E-state index in [0.29, 0.717) is 6.54 Å². The largest absolute Gasteiger partial charge is 0.497 e. The number of aromatic nitrogens is 1. The highest BCUT2D eigenvalue weighted by atomic mass is 32.1. The zero-order chi connectivity index (χ0) is 17.8. The highest BCUT2D eigenvalue weighted by molar-refractivity contribution is 7.18. The molecule has 0 aliphatic carbocycles. The fourth-order valence-electron chi connectivity index (χ4n) is 2.46. The van der Waals surface area contributed by atoms with Crippen molar-refractivity contribution in [1.82, 2.24) is 9.88 Å². The molecule has 1 atom stereocenters. The fourth-order valence-corrected chi connectivity index (χ4v) is 3.49. The number of benzene rings is 2. The molecule has 5 nitrogen and oxygen atoms in total. The molecule has 3 aromatic rings. The summed E-state index contributed by atoms with van der Waals surface area (Å²) in [6.45, 7) is 2.53. The molecule has 0 radical (unpaired) electrons. The molecule has 2 aromatic carbocycles. The highest BCUT2D eigenvalue weighted by Crippen LogP contribution is 2.23. The Kier molecular flexibility index (Phi) is 5.31. The minimum Gasteiger partial charge on any atom is -0.497 e. The van der Waals surface area contributed by atoms with E-state index in [9.17, 15) is 4.79 Å². The Morgan fingerprint density at radius 2 is 1.96 bits per heavy atom. The monoisotopic (exact) mass is 355 g/mol. The number of anilines is 1. The number of para-hydroxylation sites is 1. The van der Waals surface area contributed by atoms with Crippen LogP contribution in [0.2, 0.25) is 0 Å². The van der Waals surface area contributed by atoms with Gasteiger partial charge < -0.3 is 10.1 Å². The molecule has 0 unspecified atom stereocenters. The van der Waals surface area contributed by atoms with Crippen molar-refractivity contribution >= 4 is 33.1 Å². The summed E-state index contributed by atoms with van der Waals surface area (Å²) in [5, 5.41) is 3.94.